The number of hydrogen-bond donors (Lipinski definition) is 2. The first-order chi connectivity index (χ1) is 9.02. The molecule has 1 aromatic carbocycles. The minimum absolute atomic E-state index is 0.0552. The quantitative estimate of drug-likeness (QED) is 0.850. The van der Waals surface area contributed by atoms with Crippen LogP contribution >= 0.6 is 0 Å². The molecule has 2 N–H and O–H groups in total. The first-order valence-electron chi connectivity index (χ1n) is 6.39. The van der Waals surface area contributed by atoms with E-state index in [1.165, 1.54) is 0 Å². The van der Waals surface area contributed by atoms with Crippen molar-refractivity contribution < 1.29 is 9.59 Å². The lowest BCUT2D eigenvalue weighted by atomic mass is 10.3. The molecule has 1 atom stereocenters. The van der Waals surface area contributed by atoms with E-state index >= 15 is 0 Å². The van der Waals surface area contributed by atoms with Gasteiger partial charge < -0.3 is 10.2 Å². The second kappa shape index (κ2) is 7.41. The highest BCUT2D eigenvalue weighted by Gasteiger charge is 2.11. The van der Waals surface area contributed by atoms with Gasteiger partial charge in [-0.1, -0.05) is 25.1 Å². The van der Waals surface area contributed by atoms with Crippen LogP contribution in [0.25, 0.3) is 0 Å². The van der Waals surface area contributed by atoms with Gasteiger partial charge in [-0.2, -0.15) is 0 Å². The van der Waals surface area contributed by atoms with Crippen molar-refractivity contribution in [3.8, 4) is 0 Å². The topological polar surface area (TPSA) is 61.4 Å². The summed E-state index contributed by atoms with van der Waals surface area (Å²) >= 11 is 0. The van der Waals surface area contributed by atoms with E-state index < -0.39 is 6.03 Å². The Morgan fingerprint density at radius 1 is 1.26 bits per heavy atom. The second-order valence-corrected chi connectivity index (χ2v) is 4.52. The SMILES string of the molecule is CC[C@@H](C)NC(=O)NC(=O)CN(C)c1ccccc1. The summed E-state index contributed by atoms with van der Waals surface area (Å²) in [5.74, 6) is -0.327. The van der Waals surface area contributed by atoms with Gasteiger partial charge in [0.05, 0.1) is 6.54 Å². The lowest BCUT2D eigenvalue weighted by molar-refractivity contribution is -0.118. The highest BCUT2D eigenvalue weighted by Crippen LogP contribution is 2.09. The number of urea groups is 1. The molecule has 1 rings (SSSR count). The van der Waals surface area contributed by atoms with Gasteiger partial charge in [-0.05, 0) is 25.5 Å². The standard InChI is InChI=1S/C14H21N3O2/c1-4-11(2)15-14(19)16-13(18)10-17(3)12-8-6-5-7-9-12/h5-9,11H,4,10H2,1-3H3,(H2,15,16,18,19)/t11-/m1/s1. The number of hydrogen-bond acceptors (Lipinski definition) is 3. The van der Waals surface area contributed by atoms with Crippen LogP contribution in [-0.2, 0) is 4.79 Å². The smallest absolute Gasteiger partial charge is 0.321 e. The van der Waals surface area contributed by atoms with Crippen LogP contribution < -0.4 is 15.5 Å². The number of anilines is 1. The third-order valence-corrected chi connectivity index (χ3v) is 2.82. The molecule has 0 saturated heterocycles. The third-order valence-electron chi connectivity index (χ3n) is 2.82. The van der Waals surface area contributed by atoms with Crippen LogP contribution in [0.15, 0.2) is 30.3 Å². The highest BCUT2D eigenvalue weighted by atomic mass is 16.2. The van der Waals surface area contributed by atoms with E-state index in [0.717, 1.165) is 12.1 Å². The molecule has 0 aliphatic heterocycles. The van der Waals surface area contributed by atoms with Crippen LogP contribution in [0.3, 0.4) is 0 Å². The first kappa shape index (κ1) is 15.0. The maximum absolute atomic E-state index is 11.7. The van der Waals surface area contributed by atoms with Crippen molar-refractivity contribution in [3.63, 3.8) is 0 Å². The van der Waals surface area contributed by atoms with Crippen molar-refractivity contribution in [3.05, 3.63) is 30.3 Å². The van der Waals surface area contributed by atoms with E-state index in [1.54, 1.807) is 4.90 Å². The molecule has 5 nitrogen and oxygen atoms in total. The summed E-state index contributed by atoms with van der Waals surface area (Å²) in [6.07, 6.45) is 0.825. The molecule has 104 valence electrons. The first-order valence-corrected chi connectivity index (χ1v) is 6.39. The molecular formula is C14H21N3O2. The summed E-state index contributed by atoms with van der Waals surface area (Å²) < 4.78 is 0. The normalized spacial score (nSPS) is 11.5. The fourth-order valence-electron chi connectivity index (χ4n) is 1.52. The van der Waals surface area contributed by atoms with Gasteiger partial charge in [0.1, 0.15) is 0 Å². The molecule has 0 heterocycles. The fourth-order valence-corrected chi connectivity index (χ4v) is 1.52. The van der Waals surface area contributed by atoms with Crippen LogP contribution in [0.5, 0.6) is 0 Å². The Morgan fingerprint density at radius 3 is 2.47 bits per heavy atom. The van der Waals surface area contributed by atoms with Gasteiger partial charge in [-0.25, -0.2) is 4.79 Å². The summed E-state index contributed by atoms with van der Waals surface area (Å²) in [5.41, 5.74) is 0.931. The zero-order chi connectivity index (χ0) is 14.3. The molecule has 0 aromatic heterocycles. The van der Waals surface area contributed by atoms with Crippen LogP contribution in [0.4, 0.5) is 10.5 Å². The molecule has 5 heteroatoms. The van der Waals surface area contributed by atoms with E-state index in [-0.39, 0.29) is 18.5 Å². The van der Waals surface area contributed by atoms with Gasteiger partial charge in [0.2, 0.25) is 5.91 Å². The summed E-state index contributed by atoms with van der Waals surface area (Å²) in [4.78, 5) is 25.0. The Balaban J connectivity index is 2.41. The third kappa shape index (κ3) is 5.42. The number of carbonyl (C=O) groups excluding carboxylic acids is 2. The number of carbonyl (C=O) groups is 2. The van der Waals surface area contributed by atoms with E-state index in [2.05, 4.69) is 10.6 Å². The number of nitrogens with one attached hydrogen (secondary N) is 2. The zero-order valence-electron chi connectivity index (χ0n) is 11.6. The summed E-state index contributed by atoms with van der Waals surface area (Å²) in [5, 5.41) is 5.00. The van der Waals surface area contributed by atoms with Crippen molar-refractivity contribution in [1.82, 2.24) is 10.6 Å². The molecule has 0 aliphatic rings. The number of nitrogens with zero attached hydrogens (tertiary/aromatic N) is 1. The van der Waals surface area contributed by atoms with Crippen LogP contribution in [0.2, 0.25) is 0 Å². The molecule has 0 unspecified atom stereocenters. The van der Waals surface area contributed by atoms with Gasteiger partial charge in [0.15, 0.2) is 0 Å². The molecule has 0 bridgehead atoms. The lowest BCUT2D eigenvalue weighted by Gasteiger charge is -2.19. The largest absolute Gasteiger partial charge is 0.365 e. The predicted molar refractivity (Wildman–Crippen MR) is 76.1 cm³/mol. The van der Waals surface area contributed by atoms with Gasteiger partial charge in [0, 0.05) is 18.8 Å². The number of benzene rings is 1. The van der Waals surface area contributed by atoms with E-state index in [0.29, 0.717) is 0 Å². The van der Waals surface area contributed by atoms with E-state index in [1.807, 2.05) is 51.2 Å². The van der Waals surface area contributed by atoms with E-state index in [9.17, 15) is 9.59 Å². The summed E-state index contributed by atoms with van der Waals surface area (Å²) in [6.45, 7) is 3.99. The Kier molecular flexibility index (Phi) is 5.85. The number of rotatable bonds is 5. The Morgan fingerprint density at radius 2 is 1.89 bits per heavy atom. The summed E-state index contributed by atoms with van der Waals surface area (Å²) in [7, 11) is 1.81. The summed E-state index contributed by atoms with van der Waals surface area (Å²) in [6, 6.07) is 9.15. The minimum atomic E-state index is -0.444. The average molecular weight is 263 g/mol. The number of likely N-dealkylation sites (N-methyl/N-ethyl adjacent to an activating group) is 1. The van der Waals surface area contributed by atoms with Crippen molar-refractivity contribution in [1.29, 1.82) is 0 Å². The Labute approximate surface area is 114 Å². The molecule has 0 radical (unpaired) electrons. The maximum atomic E-state index is 11.7. The average Bonchev–Trinajstić information content (AvgIpc) is 2.39. The molecule has 1 aromatic rings. The van der Waals surface area contributed by atoms with Crippen molar-refractivity contribution in [2.45, 2.75) is 26.3 Å². The monoisotopic (exact) mass is 263 g/mol. The lowest BCUT2D eigenvalue weighted by Crippen LogP contribution is -2.46. The van der Waals surface area contributed by atoms with Gasteiger partial charge in [0.25, 0.3) is 0 Å². The maximum Gasteiger partial charge on any atom is 0.321 e. The predicted octanol–water partition coefficient (Wildman–Crippen LogP) is 1.75. The minimum Gasteiger partial charge on any atom is -0.365 e. The van der Waals surface area contributed by atoms with Crippen LogP contribution in [0, 0.1) is 0 Å². The molecule has 0 aliphatic carbocycles. The van der Waals surface area contributed by atoms with Crippen LogP contribution in [0.1, 0.15) is 20.3 Å². The molecule has 3 amide bonds. The van der Waals surface area contributed by atoms with Gasteiger partial charge in [-0.3, -0.25) is 10.1 Å². The molecule has 0 spiro atoms. The van der Waals surface area contributed by atoms with Gasteiger partial charge in [-0.15, -0.1) is 0 Å². The zero-order valence-corrected chi connectivity index (χ0v) is 11.6. The molecule has 19 heavy (non-hydrogen) atoms. The van der Waals surface area contributed by atoms with Gasteiger partial charge >= 0.3 is 6.03 Å². The Bertz CT molecular complexity index is 420. The molecular weight excluding hydrogens is 242 g/mol. The van der Waals surface area contributed by atoms with E-state index in [4.69, 9.17) is 0 Å². The highest BCUT2D eigenvalue weighted by molar-refractivity contribution is 5.96. The Hall–Kier alpha value is -2.04. The van der Waals surface area contributed by atoms with Crippen molar-refractivity contribution in [2.24, 2.45) is 0 Å². The number of imide groups is 1. The fraction of sp³-hybridized carbons (Fsp3) is 0.429. The number of para-hydroxylation sites is 1. The molecule has 0 fully saturated rings. The van der Waals surface area contributed by atoms with Crippen molar-refractivity contribution in [2.75, 3.05) is 18.5 Å². The van der Waals surface area contributed by atoms with Crippen LogP contribution in [-0.4, -0.2) is 31.6 Å². The van der Waals surface area contributed by atoms with Crippen molar-refractivity contribution >= 4 is 17.6 Å². The second-order valence-electron chi connectivity index (χ2n) is 4.52. The number of amides is 3. The molecule has 0 saturated carbocycles.